The van der Waals surface area contributed by atoms with Crippen LogP contribution in [0, 0.1) is 47.3 Å². The number of nitrogens with one attached hydrogen (secondary N) is 12. The summed E-state index contributed by atoms with van der Waals surface area (Å²) in [6, 6.07) is -7.10. The zero-order chi connectivity index (χ0) is 84.8. The second kappa shape index (κ2) is 47.6. The Morgan fingerprint density at radius 3 is 1.58 bits per heavy atom. The van der Waals surface area contributed by atoms with E-state index in [4.69, 9.17) is 10.5 Å². The van der Waals surface area contributed by atoms with Crippen LogP contribution in [-0.2, 0) is 78.3 Å². The van der Waals surface area contributed by atoms with Crippen molar-refractivity contribution in [3.63, 3.8) is 0 Å². The summed E-state index contributed by atoms with van der Waals surface area (Å²) in [4.78, 5) is 207. The second-order valence-corrected chi connectivity index (χ2v) is 34.6. The molecular weight excluding hydrogens is 1470 g/mol. The number of carbonyl (C=O) groups excluding carboxylic acids is 14. The number of amides is 13. The van der Waals surface area contributed by atoms with E-state index < -0.39 is 185 Å². The van der Waals surface area contributed by atoms with Gasteiger partial charge in [0.1, 0.15) is 84.3 Å². The molecule has 2 saturated heterocycles. The van der Waals surface area contributed by atoms with E-state index in [1.165, 1.54) is 31.7 Å². The van der Waals surface area contributed by atoms with Crippen LogP contribution in [0.4, 0.5) is 0 Å². The van der Waals surface area contributed by atoms with Crippen LogP contribution >= 0.6 is 0 Å². The van der Waals surface area contributed by atoms with E-state index in [-0.39, 0.29) is 93.8 Å². The average molecular weight is 1610 g/mol. The molecule has 5 aliphatic rings. The molecule has 2 aliphatic heterocycles. The lowest BCUT2D eigenvalue weighted by atomic mass is 9.83. The van der Waals surface area contributed by atoms with E-state index in [2.05, 4.69) is 63.8 Å². The van der Waals surface area contributed by atoms with Crippen LogP contribution in [0.15, 0.2) is 42.1 Å². The molecule has 0 unspecified atom stereocenters. The fourth-order valence-corrected chi connectivity index (χ4v) is 16.2. The van der Waals surface area contributed by atoms with Gasteiger partial charge in [-0.15, -0.1) is 0 Å². The minimum atomic E-state index is -1.79. The van der Waals surface area contributed by atoms with Crippen molar-refractivity contribution in [3.05, 3.63) is 47.7 Å². The van der Waals surface area contributed by atoms with E-state index >= 15 is 24.0 Å². The topological polar surface area (TPSA) is 442 Å². The van der Waals surface area contributed by atoms with Crippen molar-refractivity contribution in [1.29, 1.82) is 0 Å². The number of cyclic esters (lactones) is 1. The molecule has 0 bridgehead atoms. The number of aliphatic hydroxyl groups excluding tert-OH is 1. The van der Waals surface area contributed by atoms with Crippen molar-refractivity contribution < 1.29 is 77.0 Å². The number of nitrogens with zero attached hydrogens (tertiary/aromatic N) is 1. The summed E-state index contributed by atoms with van der Waals surface area (Å²) in [6.07, 6.45) is 13.7. The Morgan fingerprint density at radius 2 is 1.06 bits per heavy atom. The Morgan fingerprint density at radius 1 is 0.548 bits per heavy atom. The lowest BCUT2D eigenvalue weighted by Gasteiger charge is -2.34. The van der Waals surface area contributed by atoms with Crippen molar-refractivity contribution in [3.8, 4) is 0 Å². The molecule has 0 aromatic heterocycles. The molecule has 30 nitrogen and oxygen atoms in total. The van der Waals surface area contributed by atoms with Gasteiger partial charge >= 0.3 is 5.97 Å². The molecule has 5 fully saturated rings. The highest BCUT2D eigenvalue weighted by Gasteiger charge is 2.45. The highest BCUT2D eigenvalue weighted by atomic mass is 16.5. The van der Waals surface area contributed by atoms with Gasteiger partial charge in [0.05, 0.1) is 6.10 Å². The first-order valence-corrected chi connectivity index (χ1v) is 42.8. The molecule has 3 aliphatic carbocycles. The number of carbonyl (C=O) groups is 14. The number of nitrogens with two attached hydrogens (primary N) is 1. The van der Waals surface area contributed by atoms with Gasteiger partial charge in [0.15, 0.2) is 0 Å². The number of likely N-dealkylation sites (tertiary alicyclic amines) is 1. The first-order chi connectivity index (χ1) is 54.6. The number of hydrogen-bond acceptors (Lipinski definition) is 17. The number of rotatable bonds is 34. The Labute approximate surface area is 680 Å². The lowest BCUT2D eigenvalue weighted by Crippen LogP contribution is -2.63. The van der Waals surface area contributed by atoms with E-state index in [9.17, 15) is 48.3 Å². The SMILES string of the molecule is C/C=C1\NC(=O)[C@H](Cc2ccccc2)NC(=O)[C@@H](CC2CCCCC2)NC(=O)[C@@H](CC2CCCCC2)NC(=O)[C@H](NC(=O)[C@@H](CC2CCCCC2)NC(=O)[C@H](CCCN)NC(=O)[C@H]2CCCN2C(=O)[C@H](NC(=O)[C@@H](NC(=O)[C@@H](NC(=O)[C@H](NC(=O)CCCC(C)C)C(C)C)[C@@H](C)O)C(C)C)C(C)C)[C@@H](C)OC(=O)[C@H](C(C)C)NC1=O. The van der Waals surface area contributed by atoms with Crippen LogP contribution in [0.5, 0.6) is 0 Å². The third-order valence-electron chi connectivity index (χ3n) is 23.2. The fourth-order valence-electron chi connectivity index (χ4n) is 16.2. The maximum atomic E-state index is 15.6. The maximum absolute atomic E-state index is 15.6. The van der Waals surface area contributed by atoms with E-state index in [1.54, 1.807) is 79.7 Å². The number of ether oxygens (including phenoxy) is 1. The predicted octanol–water partition coefficient (Wildman–Crippen LogP) is 5.00. The van der Waals surface area contributed by atoms with E-state index in [0.717, 1.165) is 89.9 Å². The van der Waals surface area contributed by atoms with Gasteiger partial charge in [0.2, 0.25) is 70.9 Å². The first kappa shape index (κ1) is 95.3. The predicted molar refractivity (Wildman–Crippen MR) is 435 cm³/mol. The molecule has 15 N–H and O–H groups in total. The van der Waals surface area contributed by atoms with Gasteiger partial charge in [0, 0.05) is 19.4 Å². The smallest absolute Gasteiger partial charge is 0.329 e. The summed E-state index contributed by atoms with van der Waals surface area (Å²) in [5.74, 6) is -12.7. The van der Waals surface area contributed by atoms with Crippen molar-refractivity contribution in [2.75, 3.05) is 13.1 Å². The molecular formula is C85H138N14O16. The van der Waals surface area contributed by atoms with Crippen molar-refractivity contribution in [1.82, 2.24) is 68.7 Å². The van der Waals surface area contributed by atoms with Crippen LogP contribution in [0.2, 0.25) is 0 Å². The highest BCUT2D eigenvalue weighted by Crippen LogP contribution is 2.32. The molecule has 30 heteroatoms. The maximum Gasteiger partial charge on any atom is 0.329 e. The largest absolute Gasteiger partial charge is 0.458 e. The normalized spacial score (nSPS) is 23.9. The minimum absolute atomic E-state index is 0.00395. The third kappa shape index (κ3) is 30.2. The molecule has 1 aromatic carbocycles. The molecule has 14 atom stereocenters. The number of allylic oxidation sites excluding steroid dienone is 1. The standard InChI is InChI=1S/C85H138N14O16/c1-14-59-73(102)96-70(52(10)11)85(114)115-54(13)72(83(112)92-63(46-57-35-23-17-24-36-57)77(106)91-62(45-56-33-21-16-22-34-56)76(105)90-61(75(104)87-59)44-55-31-19-15-20-32-55)98-78(107)64(47-58-37-25-18-26-38-58)89-74(103)60(39-28-42-86)88-79(108)65-40-29-43-99(65)84(113)69(51(8)9)95-81(110)68(50(6)7)94-82(111)71(53(12)100)97-80(109)67(49(4)5)93-66(101)41-27-30-48(2)3/h14-15,19-20,31-32,48-54,56-58,60-65,67-72,100H,16-18,21-30,33-47,86H2,1-13H3,(H,87,104)(H,88,108)(H,89,103)(H,90,105)(H,91,106)(H,92,112)(H,93,101)(H,94,111)(H,95,110)(H,96,102)(H,97,109)(H,98,107)/b59-14-/t53-,54-,60+,61+,62-,63-,64-,65-,67-,68+,69-,70+,71+,72-/m1/s1. The molecule has 6 rings (SSSR count). The average Bonchev–Trinajstić information content (AvgIpc) is 1.75. The zero-order valence-corrected chi connectivity index (χ0v) is 70.6. The second-order valence-electron chi connectivity index (χ2n) is 34.6. The van der Waals surface area contributed by atoms with Crippen molar-refractivity contribution >= 4 is 82.8 Å². The monoisotopic (exact) mass is 1610 g/mol. The van der Waals surface area contributed by atoms with Crippen LogP contribution in [0.3, 0.4) is 0 Å². The lowest BCUT2D eigenvalue weighted by molar-refractivity contribution is -0.157. The summed E-state index contributed by atoms with van der Waals surface area (Å²) in [7, 11) is 0. The minimum Gasteiger partial charge on any atom is -0.458 e. The molecule has 644 valence electrons. The molecule has 3 saturated carbocycles. The van der Waals surface area contributed by atoms with Crippen LogP contribution < -0.4 is 69.5 Å². The molecule has 0 radical (unpaired) electrons. The van der Waals surface area contributed by atoms with Gasteiger partial charge in [0.25, 0.3) is 5.91 Å². The number of esters is 1. The number of aliphatic hydroxyl groups is 1. The van der Waals surface area contributed by atoms with Gasteiger partial charge in [-0.3, -0.25) is 62.3 Å². The molecule has 115 heavy (non-hydrogen) atoms. The van der Waals surface area contributed by atoms with Crippen LogP contribution in [0.1, 0.15) is 256 Å². The third-order valence-corrected chi connectivity index (χ3v) is 23.2. The Kier molecular flexibility index (Phi) is 39.5. The number of hydrogen-bond donors (Lipinski definition) is 14. The highest BCUT2D eigenvalue weighted by molar-refractivity contribution is 6.03. The molecule has 13 amide bonds. The summed E-state index contributed by atoms with van der Waals surface area (Å²) in [5.41, 5.74) is 6.51. The quantitative estimate of drug-likeness (QED) is 0.0319. The summed E-state index contributed by atoms with van der Waals surface area (Å²) in [6.45, 7) is 21.9. The van der Waals surface area contributed by atoms with E-state index in [0.29, 0.717) is 37.2 Å². The molecule has 2 heterocycles. The first-order valence-electron chi connectivity index (χ1n) is 42.8. The van der Waals surface area contributed by atoms with Gasteiger partial charge in [-0.05, 0) is 132 Å². The molecule has 0 spiro atoms. The summed E-state index contributed by atoms with van der Waals surface area (Å²) < 4.78 is 6.14. The Balaban J connectivity index is 1.28. The van der Waals surface area contributed by atoms with Gasteiger partial charge in [-0.2, -0.15) is 0 Å². The molecule has 1 aromatic rings. The fraction of sp³-hybridized carbons (Fsp3) is 0.741. The van der Waals surface area contributed by atoms with Gasteiger partial charge in [-0.25, -0.2) is 4.79 Å². The summed E-state index contributed by atoms with van der Waals surface area (Å²) >= 11 is 0. The number of benzene rings is 1. The van der Waals surface area contributed by atoms with Gasteiger partial charge < -0.3 is 84.3 Å². The van der Waals surface area contributed by atoms with Crippen LogP contribution in [0.25, 0.3) is 0 Å². The van der Waals surface area contributed by atoms with Gasteiger partial charge in [-0.1, -0.05) is 208 Å². The Bertz CT molecular complexity index is 3440. The summed E-state index contributed by atoms with van der Waals surface area (Å²) in [5, 5.41) is 44.5. The van der Waals surface area contributed by atoms with Crippen LogP contribution in [-0.4, -0.2) is 191 Å². The van der Waals surface area contributed by atoms with Crippen molar-refractivity contribution in [2.45, 2.75) is 342 Å². The van der Waals surface area contributed by atoms with Crippen molar-refractivity contribution in [2.24, 2.45) is 53.1 Å². The van der Waals surface area contributed by atoms with E-state index in [1.807, 2.05) is 19.9 Å². The zero-order valence-electron chi connectivity index (χ0n) is 70.6. The Hall–Kier alpha value is -8.54.